The molecule has 3 N–H and O–H groups in total. The van der Waals surface area contributed by atoms with E-state index in [0.717, 1.165) is 0 Å². The molecular weight excluding hydrogens is 369 g/mol. The number of halogens is 3. The molecule has 0 radical (unpaired) electrons. The molecule has 0 saturated carbocycles. The highest BCUT2D eigenvalue weighted by atomic mass is 79.9. The summed E-state index contributed by atoms with van der Waals surface area (Å²) in [5.74, 6) is 0.348. The van der Waals surface area contributed by atoms with E-state index in [2.05, 4.69) is 26.1 Å². The van der Waals surface area contributed by atoms with Crippen LogP contribution in [0.25, 0.3) is 0 Å². The summed E-state index contributed by atoms with van der Waals surface area (Å²) in [5, 5.41) is 12.4. The molecule has 0 saturated heterocycles. The van der Waals surface area contributed by atoms with Gasteiger partial charge >= 0.3 is 0 Å². The smallest absolute Gasteiger partial charge is 0.230 e. The van der Waals surface area contributed by atoms with E-state index in [1.165, 1.54) is 6.20 Å². The molecule has 104 valence electrons. The predicted octanol–water partition coefficient (Wildman–Crippen LogP) is 4.04. The maximum atomic E-state index is 8.74. The molecular formula is C12H8BrCl2N3O2. The third-order valence-electron chi connectivity index (χ3n) is 2.34. The van der Waals surface area contributed by atoms with Crippen molar-refractivity contribution < 1.29 is 9.94 Å². The molecule has 0 amide bonds. The zero-order chi connectivity index (χ0) is 14.7. The minimum atomic E-state index is -0.118. The molecule has 2 aromatic rings. The van der Waals surface area contributed by atoms with Gasteiger partial charge in [0.15, 0.2) is 5.84 Å². The van der Waals surface area contributed by atoms with Crippen LogP contribution in [0.1, 0.15) is 5.56 Å². The lowest BCUT2D eigenvalue weighted by Gasteiger charge is -2.11. The van der Waals surface area contributed by atoms with E-state index in [1.54, 1.807) is 24.3 Å². The minimum absolute atomic E-state index is 0.118. The first-order chi connectivity index (χ1) is 9.52. The van der Waals surface area contributed by atoms with E-state index in [1.807, 2.05) is 0 Å². The first-order valence-corrected chi connectivity index (χ1v) is 6.83. The van der Waals surface area contributed by atoms with Crippen molar-refractivity contribution in [2.75, 3.05) is 0 Å². The van der Waals surface area contributed by atoms with Crippen LogP contribution in [0.5, 0.6) is 11.6 Å². The standard InChI is InChI=1S/C12H8BrCl2N3O2/c13-7-4-9(15)10(5-8(7)14)20-12-6(11(16)18-19)2-1-3-17-12/h1-5,19H,(H2,16,18). The summed E-state index contributed by atoms with van der Waals surface area (Å²) in [4.78, 5) is 4.03. The maximum Gasteiger partial charge on any atom is 0.230 e. The molecule has 5 nitrogen and oxygen atoms in total. The van der Waals surface area contributed by atoms with E-state index >= 15 is 0 Å². The average molecular weight is 377 g/mol. The van der Waals surface area contributed by atoms with E-state index in [0.29, 0.717) is 25.8 Å². The number of ether oxygens (including phenoxy) is 1. The lowest BCUT2D eigenvalue weighted by atomic mass is 10.2. The van der Waals surface area contributed by atoms with Gasteiger partial charge in [0.2, 0.25) is 5.88 Å². The summed E-state index contributed by atoms with van der Waals surface area (Å²) >= 11 is 15.3. The molecule has 1 heterocycles. The van der Waals surface area contributed by atoms with Gasteiger partial charge in [0, 0.05) is 16.7 Å². The molecule has 1 aromatic carbocycles. The molecule has 0 unspecified atom stereocenters. The zero-order valence-electron chi connectivity index (χ0n) is 9.85. The fraction of sp³-hybridized carbons (Fsp3) is 0. The van der Waals surface area contributed by atoms with Gasteiger partial charge in [-0.05, 0) is 34.1 Å². The number of pyridine rings is 1. The molecule has 2 rings (SSSR count). The van der Waals surface area contributed by atoms with Crippen molar-refractivity contribution in [1.82, 2.24) is 4.98 Å². The monoisotopic (exact) mass is 375 g/mol. The number of hydrogen-bond donors (Lipinski definition) is 2. The third kappa shape index (κ3) is 3.15. The molecule has 0 spiro atoms. The number of oxime groups is 1. The first kappa shape index (κ1) is 14.9. The van der Waals surface area contributed by atoms with Crippen LogP contribution in [0.2, 0.25) is 10.0 Å². The predicted molar refractivity (Wildman–Crippen MR) is 81.0 cm³/mol. The summed E-state index contributed by atoms with van der Waals surface area (Å²) in [6.45, 7) is 0. The molecule has 20 heavy (non-hydrogen) atoms. The Morgan fingerprint density at radius 3 is 2.80 bits per heavy atom. The Hall–Kier alpha value is -1.50. The van der Waals surface area contributed by atoms with E-state index < -0.39 is 0 Å². The van der Waals surface area contributed by atoms with Crippen molar-refractivity contribution in [3.63, 3.8) is 0 Å². The minimum Gasteiger partial charge on any atom is -0.437 e. The van der Waals surface area contributed by atoms with Crippen LogP contribution in [0.4, 0.5) is 0 Å². The topological polar surface area (TPSA) is 80.7 Å². The van der Waals surface area contributed by atoms with Gasteiger partial charge in [-0.15, -0.1) is 0 Å². The van der Waals surface area contributed by atoms with Crippen LogP contribution in [-0.2, 0) is 0 Å². The fourth-order valence-corrected chi connectivity index (χ4v) is 2.24. The lowest BCUT2D eigenvalue weighted by Crippen LogP contribution is -2.14. The van der Waals surface area contributed by atoms with Crippen LogP contribution in [-0.4, -0.2) is 16.0 Å². The fourth-order valence-electron chi connectivity index (χ4n) is 1.41. The van der Waals surface area contributed by atoms with E-state index in [4.69, 9.17) is 38.9 Å². The molecule has 0 aliphatic carbocycles. The molecule has 0 bridgehead atoms. The third-order valence-corrected chi connectivity index (χ3v) is 3.83. The number of aromatic nitrogens is 1. The van der Waals surface area contributed by atoms with Gasteiger partial charge in [-0.1, -0.05) is 28.4 Å². The maximum absolute atomic E-state index is 8.74. The normalized spacial score (nSPS) is 11.4. The van der Waals surface area contributed by atoms with Gasteiger partial charge in [-0.2, -0.15) is 0 Å². The molecule has 8 heteroatoms. The van der Waals surface area contributed by atoms with Gasteiger partial charge in [0.25, 0.3) is 0 Å². The molecule has 1 aromatic heterocycles. The van der Waals surface area contributed by atoms with E-state index in [9.17, 15) is 0 Å². The van der Waals surface area contributed by atoms with Crippen molar-refractivity contribution >= 4 is 45.0 Å². The summed E-state index contributed by atoms with van der Waals surface area (Å²) in [7, 11) is 0. The van der Waals surface area contributed by atoms with Crippen molar-refractivity contribution in [3.05, 3.63) is 50.5 Å². The molecule has 0 fully saturated rings. The average Bonchev–Trinajstić information content (AvgIpc) is 2.44. The second-order valence-electron chi connectivity index (χ2n) is 3.64. The zero-order valence-corrected chi connectivity index (χ0v) is 12.9. The number of benzene rings is 1. The van der Waals surface area contributed by atoms with Crippen molar-refractivity contribution in [2.45, 2.75) is 0 Å². The number of hydrogen-bond acceptors (Lipinski definition) is 4. The Morgan fingerprint density at radius 2 is 2.10 bits per heavy atom. The van der Waals surface area contributed by atoms with Crippen LogP contribution in [0, 0.1) is 0 Å². The van der Waals surface area contributed by atoms with Gasteiger partial charge in [0.05, 0.1) is 15.6 Å². The number of amidine groups is 1. The van der Waals surface area contributed by atoms with Gasteiger partial charge < -0.3 is 15.7 Å². The Kier molecular flexibility index (Phi) is 4.69. The largest absolute Gasteiger partial charge is 0.437 e. The molecule has 0 aliphatic heterocycles. The van der Waals surface area contributed by atoms with Gasteiger partial charge in [0.1, 0.15) is 5.75 Å². The molecule has 0 atom stereocenters. The second-order valence-corrected chi connectivity index (χ2v) is 5.31. The lowest BCUT2D eigenvalue weighted by molar-refractivity contribution is 0.318. The van der Waals surface area contributed by atoms with Crippen LogP contribution in [0.3, 0.4) is 0 Å². The Bertz CT molecular complexity index is 680. The highest BCUT2D eigenvalue weighted by molar-refractivity contribution is 9.10. The molecule has 0 aliphatic rings. The Labute approximate surface area is 133 Å². The Balaban J connectivity index is 2.43. The summed E-state index contributed by atoms with van der Waals surface area (Å²) < 4.78 is 6.23. The number of nitrogens with two attached hydrogens (primary N) is 1. The van der Waals surface area contributed by atoms with E-state index in [-0.39, 0.29) is 11.7 Å². The van der Waals surface area contributed by atoms with Crippen molar-refractivity contribution in [3.8, 4) is 11.6 Å². The van der Waals surface area contributed by atoms with Crippen LogP contribution >= 0.6 is 39.1 Å². The summed E-state index contributed by atoms with van der Waals surface area (Å²) in [5.41, 5.74) is 5.89. The van der Waals surface area contributed by atoms with Gasteiger partial charge in [-0.25, -0.2) is 4.98 Å². The summed E-state index contributed by atoms with van der Waals surface area (Å²) in [6.07, 6.45) is 1.51. The highest BCUT2D eigenvalue weighted by Gasteiger charge is 2.13. The van der Waals surface area contributed by atoms with Crippen LogP contribution < -0.4 is 10.5 Å². The highest BCUT2D eigenvalue weighted by Crippen LogP contribution is 2.36. The number of nitrogens with zero attached hydrogens (tertiary/aromatic N) is 2. The summed E-state index contributed by atoms with van der Waals surface area (Å²) in [6, 6.07) is 6.38. The van der Waals surface area contributed by atoms with Crippen LogP contribution in [0.15, 0.2) is 40.1 Å². The van der Waals surface area contributed by atoms with Crippen molar-refractivity contribution in [1.29, 1.82) is 0 Å². The quantitative estimate of drug-likeness (QED) is 0.278. The van der Waals surface area contributed by atoms with Gasteiger partial charge in [-0.3, -0.25) is 0 Å². The first-order valence-electron chi connectivity index (χ1n) is 5.28. The SMILES string of the molecule is N/C(=N/O)c1cccnc1Oc1cc(Cl)c(Br)cc1Cl. The number of rotatable bonds is 3. The van der Waals surface area contributed by atoms with Crippen molar-refractivity contribution in [2.24, 2.45) is 10.9 Å². The Morgan fingerprint density at radius 1 is 1.35 bits per heavy atom. The second kappa shape index (κ2) is 6.30.